The summed E-state index contributed by atoms with van der Waals surface area (Å²) in [6.45, 7) is 3.52. The summed E-state index contributed by atoms with van der Waals surface area (Å²) >= 11 is 2.10. The summed E-state index contributed by atoms with van der Waals surface area (Å²) in [7, 11) is 1.24. The van der Waals surface area contributed by atoms with E-state index in [1.807, 2.05) is 0 Å². The lowest BCUT2D eigenvalue weighted by molar-refractivity contribution is -0.121. The Kier molecular flexibility index (Phi) is 5.52. The van der Waals surface area contributed by atoms with Crippen LogP contribution in [0.4, 0.5) is 5.00 Å². The van der Waals surface area contributed by atoms with Crippen LogP contribution < -0.4 is 4.90 Å². The lowest BCUT2D eigenvalue weighted by atomic mass is 10.1. The molecular formula is C18H16N2O6S2. The molecule has 0 saturated carbocycles. The number of carboxylic acid groups (broad SMARTS) is 1. The van der Waals surface area contributed by atoms with Crippen LogP contribution in [-0.2, 0) is 14.3 Å². The van der Waals surface area contributed by atoms with E-state index in [2.05, 4.69) is 4.98 Å². The van der Waals surface area contributed by atoms with Gasteiger partial charge in [0.1, 0.15) is 10.0 Å². The summed E-state index contributed by atoms with van der Waals surface area (Å²) < 4.78 is 4.80. The third kappa shape index (κ3) is 3.40. The number of esters is 1. The fourth-order valence-corrected chi connectivity index (χ4v) is 5.07. The predicted molar refractivity (Wildman–Crippen MR) is 103 cm³/mol. The number of carbonyl (C=O) groups is 4. The molecule has 1 saturated heterocycles. The number of thiophene rings is 1. The van der Waals surface area contributed by atoms with Gasteiger partial charge < -0.3 is 9.84 Å². The number of nitrogens with zero attached hydrogens (tertiary/aromatic N) is 2. The number of hydrogen-bond donors (Lipinski definition) is 1. The maximum Gasteiger partial charge on any atom is 0.341 e. The van der Waals surface area contributed by atoms with Crippen LogP contribution in [0, 0.1) is 13.8 Å². The number of amides is 2. The van der Waals surface area contributed by atoms with Crippen molar-refractivity contribution in [2.24, 2.45) is 0 Å². The van der Waals surface area contributed by atoms with Crippen molar-refractivity contribution in [3.63, 3.8) is 0 Å². The maximum atomic E-state index is 12.9. The number of ether oxygens (including phenoxy) is 1. The molecule has 0 spiro atoms. The SMILES string of the molecule is COC(=O)c1c(N2C(=O)CC(Sc3ncccc3C(=O)O)C2=O)sc(C)c1C. The molecule has 0 radical (unpaired) electrons. The smallest absolute Gasteiger partial charge is 0.341 e. The van der Waals surface area contributed by atoms with E-state index in [1.54, 1.807) is 13.8 Å². The summed E-state index contributed by atoms with van der Waals surface area (Å²) in [6.07, 6.45) is 1.31. The van der Waals surface area contributed by atoms with Crippen molar-refractivity contribution in [1.82, 2.24) is 4.98 Å². The van der Waals surface area contributed by atoms with Crippen molar-refractivity contribution in [1.29, 1.82) is 0 Å². The summed E-state index contributed by atoms with van der Waals surface area (Å²) in [5.74, 6) is -2.75. The van der Waals surface area contributed by atoms with Crippen molar-refractivity contribution in [2.45, 2.75) is 30.5 Å². The van der Waals surface area contributed by atoms with Crippen LogP contribution in [0.1, 0.15) is 37.6 Å². The van der Waals surface area contributed by atoms with Gasteiger partial charge in [-0.3, -0.25) is 9.59 Å². The van der Waals surface area contributed by atoms with Gasteiger partial charge in [-0.05, 0) is 31.5 Å². The highest BCUT2D eigenvalue weighted by Crippen LogP contribution is 2.41. The van der Waals surface area contributed by atoms with E-state index in [-0.39, 0.29) is 27.6 Å². The van der Waals surface area contributed by atoms with E-state index in [4.69, 9.17) is 4.74 Å². The number of methoxy groups -OCH3 is 1. The first-order valence-corrected chi connectivity index (χ1v) is 9.86. The second kappa shape index (κ2) is 7.72. The lowest BCUT2D eigenvalue weighted by Crippen LogP contribution is -2.31. The molecule has 1 aliphatic rings. The standard InChI is InChI=1S/C18H16N2O6S2/c1-8-9(2)27-16(13(8)18(25)26-3)20-12(21)7-11(15(20)22)28-14-10(17(23)24)5-4-6-19-14/h4-6,11H,7H2,1-3H3,(H,23,24). The van der Waals surface area contributed by atoms with Crippen LogP contribution in [0.3, 0.4) is 0 Å². The first-order chi connectivity index (χ1) is 13.3. The number of thioether (sulfide) groups is 1. The van der Waals surface area contributed by atoms with Crippen molar-refractivity contribution in [2.75, 3.05) is 12.0 Å². The number of rotatable bonds is 5. The molecule has 28 heavy (non-hydrogen) atoms. The Balaban J connectivity index is 1.95. The second-order valence-corrected chi connectivity index (χ2v) is 8.39. The Morgan fingerprint density at radius 3 is 2.71 bits per heavy atom. The molecule has 3 heterocycles. The Morgan fingerprint density at radius 2 is 2.07 bits per heavy atom. The number of anilines is 1. The third-order valence-corrected chi connectivity index (χ3v) is 6.71. The van der Waals surface area contributed by atoms with Crippen LogP contribution in [-0.4, -0.2) is 46.2 Å². The van der Waals surface area contributed by atoms with Crippen LogP contribution in [0.15, 0.2) is 23.4 Å². The van der Waals surface area contributed by atoms with E-state index >= 15 is 0 Å². The van der Waals surface area contributed by atoms with E-state index < -0.39 is 29.0 Å². The molecule has 146 valence electrons. The van der Waals surface area contributed by atoms with Gasteiger partial charge in [-0.25, -0.2) is 19.5 Å². The summed E-state index contributed by atoms with van der Waals surface area (Å²) in [4.78, 5) is 54.9. The number of carboxylic acids is 1. The van der Waals surface area contributed by atoms with Gasteiger partial charge >= 0.3 is 11.9 Å². The van der Waals surface area contributed by atoms with Crippen molar-refractivity contribution in [3.05, 3.63) is 39.9 Å². The summed E-state index contributed by atoms with van der Waals surface area (Å²) in [5.41, 5.74) is 0.812. The van der Waals surface area contributed by atoms with Gasteiger partial charge in [0.15, 0.2) is 0 Å². The molecule has 1 N–H and O–H groups in total. The second-order valence-electron chi connectivity index (χ2n) is 5.99. The van der Waals surface area contributed by atoms with Gasteiger partial charge in [0, 0.05) is 17.5 Å². The highest BCUT2D eigenvalue weighted by molar-refractivity contribution is 8.00. The first-order valence-electron chi connectivity index (χ1n) is 8.16. The zero-order valence-corrected chi connectivity index (χ0v) is 16.8. The van der Waals surface area contributed by atoms with E-state index in [9.17, 15) is 24.3 Å². The molecule has 10 heteroatoms. The minimum absolute atomic E-state index is 0.0377. The summed E-state index contributed by atoms with van der Waals surface area (Å²) in [5, 5.41) is 8.85. The fraction of sp³-hybridized carbons (Fsp3) is 0.278. The number of aryl methyl sites for hydroxylation is 1. The quantitative estimate of drug-likeness (QED) is 0.580. The first kappa shape index (κ1) is 20.0. The van der Waals surface area contributed by atoms with E-state index in [0.717, 1.165) is 21.5 Å². The number of hydrogen-bond acceptors (Lipinski definition) is 8. The lowest BCUT2D eigenvalue weighted by Gasteiger charge is -2.15. The molecule has 8 nitrogen and oxygen atoms in total. The van der Waals surface area contributed by atoms with Crippen LogP contribution in [0.25, 0.3) is 0 Å². The molecule has 1 aliphatic heterocycles. The summed E-state index contributed by atoms with van der Waals surface area (Å²) in [6, 6.07) is 2.87. The molecule has 0 aromatic carbocycles. The van der Waals surface area contributed by atoms with Gasteiger partial charge in [0.25, 0.3) is 0 Å². The van der Waals surface area contributed by atoms with Crippen molar-refractivity contribution in [3.8, 4) is 0 Å². The maximum absolute atomic E-state index is 12.9. The number of imide groups is 1. The predicted octanol–water partition coefficient (Wildman–Crippen LogP) is 2.67. The monoisotopic (exact) mass is 420 g/mol. The Morgan fingerprint density at radius 1 is 1.36 bits per heavy atom. The number of aromatic nitrogens is 1. The largest absolute Gasteiger partial charge is 0.478 e. The highest BCUT2D eigenvalue weighted by Gasteiger charge is 2.43. The van der Waals surface area contributed by atoms with Crippen molar-refractivity contribution >= 4 is 51.9 Å². The van der Waals surface area contributed by atoms with Crippen LogP contribution in [0.2, 0.25) is 0 Å². The minimum Gasteiger partial charge on any atom is -0.478 e. The average molecular weight is 420 g/mol. The topological polar surface area (TPSA) is 114 Å². The van der Waals surface area contributed by atoms with Crippen molar-refractivity contribution < 1.29 is 29.0 Å². The van der Waals surface area contributed by atoms with Gasteiger partial charge in [-0.15, -0.1) is 11.3 Å². The molecule has 0 bridgehead atoms. The number of pyridine rings is 1. The van der Waals surface area contributed by atoms with Crippen LogP contribution >= 0.6 is 23.1 Å². The Bertz CT molecular complexity index is 1000. The molecule has 2 aromatic rings. The molecule has 1 fully saturated rings. The van der Waals surface area contributed by atoms with E-state index in [0.29, 0.717) is 5.56 Å². The molecule has 2 amide bonds. The molecule has 2 aromatic heterocycles. The zero-order valence-electron chi connectivity index (χ0n) is 15.2. The van der Waals surface area contributed by atoms with Gasteiger partial charge in [0.2, 0.25) is 11.8 Å². The Labute approximate surface area is 168 Å². The normalized spacial score (nSPS) is 16.5. The highest BCUT2D eigenvalue weighted by atomic mass is 32.2. The van der Waals surface area contributed by atoms with E-state index in [1.165, 1.54) is 36.8 Å². The molecular weight excluding hydrogens is 404 g/mol. The number of aromatic carboxylic acids is 1. The molecule has 0 aliphatic carbocycles. The van der Waals surface area contributed by atoms with Gasteiger partial charge in [-0.1, -0.05) is 11.8 Å². The molecule has 3 rings (SSSR count). The average Bonchev–Trinajstić information content (AvgIpc) is 3.10. The van der Waals surface area contributed by atoms with Gasteiger partial charge in [-0.2, -0.15) is 0 Å². The minimum atomic E-state index is -1.17. The Hall–Kier alpha value is -2.72. The number of carbonyl (C=O) groups excluding carboxylic acids is 3. The zero-order chi connectivity index (χ0) is 20.6. The van der Waals surface area contributed by atoms with Crippen LogP contribution in [0.5, 0.6) is 0 Å². The molecule has 1 atom stereocenters. The molecule has 1 unspecified atom stereocenters. The van der Waals surface area contributed by atoms with Gasteiger partial charge in [0.05, 0.1) is 23.5 Å². The fourth-order valence-electron chi connectivity index (χ4n) is 2.80. The third-order valence-electron chi connectivity index (χ3n) is 4.32.